The van der Waals surface area contributed by atoms with Gasteiger partial charge in [-0.2, -0.15) is 0 Å². The monoisotopic (exact) mass is 411 g/mol. The van der Waals surface area contributed by atoms with Crippen molar-refractivity contribution in [3.63, 3.8) is 0 Å². The number of ether oxygens (including phenoxy) is 1. The first-order valence-corrected chi connectivity index (χ1v) is 9.83. The first kappa shape index (κ1) is 19.8. The third-order valence-corrected chi connectivity index (χ3v) is 5.80. The zero-order valence-electron chi connectivity index (χ0n) is 16.6. The van der Waals surface area contributed by atoms with Crippen molar-refractivity contribution in [2.75, 3.05) is 43.1 Å². The molecule has 0 aromatic heterocycles. The van der Waals surface area contributed by atoms with E-state index in [9.17, 15) is 19.7 Å². The van der Waals surface area contributed by atoms with Crippen molar-refractivity contribution in [2.24, 2.45) is 0 Å². The largest absolute Gasteiger partial charge is 0.497 e. The molecular weight excluding hydrogens is 388 g/mol. The number of anilines is 2. The number of hydrogen-bond donors (Lipinski definition) is 1. The van der Waals surface area contributed by atoms with E-state index < -0.39 is 4.92 Å². The summed E-state index contributed by atoms with van der Waals surface area (Å²) in [5.41, 5.74) is 1.56. The molecule has 2 fully saturated rings. The number of carbonyl (C=O) groups is 2. The lowest BCUT2D eigenvalue weighted by molar-refractivity contribution is -0.915. The van der Waals surface area contributed by atoms with Crippen molar-refractivity contribution >= 4 is 28.9 Å². The third kappa shape index (κ3) is 3.71. The quantitative estimate of drug-likeness (QED) is 0.441. The van der Waals surface area contributed by atoms with Gasteiger partial charge in [0.25, 0.3) is 11.6 Å². The number of piperazine rings is 1. The maximum atomic E-state index is 13.0. The second-order valence-electron chi connectivity index (χ2n) is 7.44. The van der Waals surface area contributed by atoms with Crippen molar-refractivity contribution in [3.8, 4) is 5.75 Å². The Morgan fingerprint density at radius 2 is 1.60 bits per heavy atom. The van der Waals surface area contributed by atoms with E-state index in [0.717, 1.165) is 23.7 Å². The van der Waals surface area contributed by atoms with Crippen LogP contribution in [0.25, 0.3) is 0 Å². The van der Waals surface area contributed by atoms with Crippen LogP contribution in [-0.2, 0) is 9.59 Å². The highest BCUT2D eigenvalue weighted by atomic mass is 16.6. The number of nitrogens with zero attached hydrogens (tertiary/aromatic N) is 3. The minimum Gasteiger partial charge on any atom is -0.497 e. The van der Waals surface area contributed by atoms with Gasteiger partial charge in [0.2, 0.25) is 5.91 Å². The Labute approximate surface area is 173 Å². The molecule has 0 unspecified atom stereocenters. The summed E-state index contributed by atoms with van der Waals surface area (Å²) in [7, 11) is 1.57. The van der Waals surface area contributed by atoms with Crippen molar-refractivity contribution in [2.45, 2.75) is 12.5 Å². The van der Waals surface area contributed by atoms with Crippen LogP contribution in [0.15, 0.2) is 48.5 Å². The number of amides is 2. The smallest absolute Gasteiger partial charge is 0.292 e. The second-order valence-corrected chi connectivity index (χ2v) is 7.44. The summed E-state index contributed by atoms with van der Waals surface area (Å²) < 4.78 is 5.14. The molecule has 0 saturated carbocycles. The van der Waals surface area contributed by atoms with E-state index in [1.807, 2.05) is 0 Å². The van der Waals surface area contributed by atoms with Crippen molar-refractivity contribution in [1.29, 1.82) is 0 Å². The lowest BCUT2D eigenvalue weighted by Gasteiger charge is -2.35. The number of carbonyl (C=O) groups excluding carboxylic acids is 2. The number of nitro groups is 1. The Morgan fingerprint density at radius 3 is 2.17 bits per heavy atom. The zero-order chi connectivity index (χ0) is 21.3. The minimum absolute atomic E-state index is 0.0664. The number of nitro benzene ring substituents is 1. The first-order valence-electron chi connectivity index (χ1n) is 9.83. The number of hydrogen-bond acceptors (Lipinski definition) is 6. The van der Waals surface area contributed by atoms with Crippen LogP contribution in [0.5, 0.6) is 5.75 Å². The predicted octanol–water partition coefficient (Wildman–Crippen LogP) is 0.640. The molecule has 2 saturated heterocycles. The van der Waals surface area contributed by atoms with E-state index in [0.29, 0.717) is 24.5 Å². The highest BCUT2D eigenvalue weighted by Crippen LogP contribution is 2.25. The Balaban J connectivity index is 1.40. The van der Waals surface area contributed by atoms with Gasteiger partial charge in [-0.05, 0) is 36.4 Å². The van der Waals surface area contributed by atoms with Crippen molar-refractivity contribution in [3.05, 3.63) is 58.6 Å². The molecule has 0 radical (unpaired) electrons. The standard InChI is InChI=1S/C21H22N4O5/c1-30-18-8-6-16(7-9-18)24-20(26)14-19(21(24)27)23-12-10-22(11-13-23)15-2-4-17(5-3-15)25(28)29/h2-9,19H,10-14H2,1H3/p+1/t19-/m1/s1. The Kier molecular flexibility index (Phi) is 5.37. The summed E-state index contributed by atoms with van der Waals surface area (Å²) in [5, 5.41) is 10.8. The summed E-state index contributed by atoms with van der Waals surface area (Å²) in [6, 6.07) is 13.0. The molecule has 2 aromatic rings. The van der Waals surface area contributed by atoms with Gasteiger partial charge >= 0.3 is 0 Å². The molecule has 2 amide bonds. The van der Waals surface area contributed by atoms with Gasteiger partial charge < -0.3 is 14.5 Å². The maximum Gasteiger partial charge on any atom is 0.292 e. The van der Waals surface area contributed by atoms with Crippen LogP contribution in [0.2, 0.25) is 0 Å². The Morgan fingerprint density at radius 1 is 1.00 bits per heavy atom. The highest BCUT2D eigenvalue weighted by molar-refractivity contribution is 6.21. The molecular formula is C21H23N4O5+. The molecule has 1 N–H and O–H groups in total. The maximum absolute atomic E-state index is 13.0. The zero-order valence-corrected chi connectivity index (χ0v) is 16.6. The summed E-state index contributed by atoms with van der Waals surface area (Å²) >= 11 is 0. The molecule has 2 aromatic carbocycles. The molecule has 9 nitrogen and oxygen atoms in total. The molecule has 4 rings (SSSR count). The van der Waals surface area contributed by atoms with Crippen molar-refractivity contribution in [1.82, 2.24) is 0 Å². The van der Waals surface area contributed by atoms with E-state index in [4.69, 9.17) is 4.74 Å². The molecule has 30 heavy (non-hydrogen) atoms. The van der Waals surface area contributed by atoms with Crippen LogP contribution in [0.3, 0.4) is 0 Å². The van der Waals surface area contributed by atoms with Gasteiger partial charge in [-0.25, -0.2) is 4.90 Å². The average Bonchev–Trinajstić information content (AvgIpc) is 3.08. The second kappa shape index (κ2) is 8.11. The molecule has 0 spiro atoms. The molecule has 1 atom stereocenters. The Hall–Kier alpha value is -3.46. The molecule has 0 bridgehead atoms. The number of nitrogens with one attached hydrogen (secondary N) is 1. The molecule has 0 aliphatic carbocycles. The van der Waals surface area contributed by atoms with Crippen LogP contribution in [0.1, 0.15) is 6.42 Å². The number of rotatable bonds is 5. The molecule has 2 heterocycles. The van der Waals surface area contributed by atoms with E-state index in [2.05, 4.69) is 4.90 Å². The lowest BCUT2D eigenvalue weighted by Crippen LogP contribution is -3.19. The van der Waals surface area contributed by atoms with Gasteiger partial charge in [-0.15, -0.1) is 0 Å². The van der Waals surface area contributed by atoms with Crippen LogP contribution in [0.4, 0.5) is 17.1 Å². The third-order valence-electron chi connectivity index (χ3n) is 5.80. The van der Waals surface area contributed by atoms with Crippen molar-refractivity contribution < 1.29 is 24.1 Å². The van der Waals surface area contributed by atoms with Crippen LogP contribution in [-0.4, -0.2) is 56.1 Å². The average molecular weight is 411 g/mol. The van der Waals surface area contributed by atoms with E-state index >= 15 is 0 Å². The topological polar surface area (TPSA) is 97.4 Å². The molecule has 156 valence electrons. The number of benzene rings is 2. The summed E-state index contributed by atoms with van der Waals surface area (Å²) in [6.07, 6.45) is 0.206. The van der Waals surface area contributed by atoms with Crippen LogP contribution >= 0.6 is 0 Å². The van der Waals surface area contributed by atoms with E-state index in [1.54, 1.807) is 43.5 Å². The SMILES string of the molecule is COc1ccc(N2C(=O)C[C@@H]([NH+]3CCN(c4ccc([N+](=O)[O-])cc4)CC3)C2=O)cc1. The molecule has 2 aliphatic rings. The normalized spacial score (nSPS) is 20.0. The fourth-order valence-corrected chi connectivity index (χ4v) is 4.14. The summed E-state index contributed by atoms with van der Waals surface area (Å²) in [5.74, 6) is 0.326. The summed E-state index contributed by atoms with van der Waals surface area (Å²) in [6.45, 7) is 2.87. The lowest BCUT2D eigenvalue weighted by atomic mass is 10.1. The molecule has 2 aliphatic heterocycles. The summed E-state index contributed by atoms with van der Waals surface area (Å²) in [4.78, 5) is 40.5. The Bertz CT molecular complexity index is 952. The fourth-order valence-electron chi connectivity index (χ4n) is 4.14. The number of imide groups is 1. The first-order chi connectivity index (χ1) is 14.5. The van der Waals surface area contributed by atoms with Crippen LogP contribution in [0, 0.1) is 10.1 Å². The van der Waals surface area contributed by atoms with E-state index in [-0.39, 0.29) is 30.0 Å². The van der Waals surface area contributed by atoms with Gasteiger partial charge in [0.1, 0.15) is 5.75 Å². The van der Waals surface area contributed by atoms with Gasteiger partial charge in [0.15, 0.2) is 6.04 Å². The van der Waals surface area contributed by atoms with Gasteiger partial charge in [0.05, 0.1) is 50.3 Å². The van der Waals surface area contributed by atoms with Gasteiger partial charge in [-0.3, -0.25) is 19.7 Å². The fraction of sp³-hybridized carbons (Fsp3) is 0.333. The number of methoxy groups -OCH3 is 1. The van der Waals surface area contributed by atoms with Gasteiger partial charge in [0, 0.05) is 17.8 Å². The predicted molar refractivity (Wildman–Crippen MR) is 110 cm³/mol. The highest BCUT2D eigenvalue weighted by Gasteiger charge is 2.46. The molecule has 9 heteroatoms. The van der Waals surface area contributed by atoms with Gasteiger partial charge in [-0.1, -0.05) is 0 Å². The number of non-ortho nitro benzene ring substituents is 1. The minimum atomic E-state index is -0.414. The van der Waals surface area contributed by atoms with E-state index in [1.165, 1.54) is 17.0 Å². The van der Waals surface area contributed by atoms with Crippen LogP contribution < -0.4 is 19.4 Å². The number of quaternary nitrogens is 1.